The summed E-state index contributed by atoms with van der Waals surface area (Å²) in [7, 11) is 1.39. The Bertz CT molecular complexity index is 660. The van der Waals surface area contributed by atoms with E-state index in [9.17, 15) is 4.79 Å². The van der Waals surface area contributed by atoms with Gasteiger partial charge in [-0.2, -0.15) is 0 Å². The summed E-state index contributed by atoms with van der Waals surface area (Å²) in [6.07, 6.45) is 2.02. The first-order valence-electron chi connectivity index (χ1n) is 6.01. The van der Waals surface area contributed by atoms with Crippen molar-refractivity contribution >= 4 is 16.7 Å². The predicted octanol–water partition coefficient (Wildman–Crippen LogP) is 3.44. The van der Waals surface area contributed by atoms with Crippen LogP contribution in [-0.4, -0.2) is 18.2 Å². The van der Waals surface area contributed by atoms with Gasteiger partial charge in [-0.3, -0.25) is 0 Å². The standard InChI is InChI=1S/C13H10.C4H6O3/c1-2-5-11-8-9-12-6-3-4-7-13(12)10-11;1-7-3-2-4(5)6/h3-4,6-10H,1H3;2-3H,1H3,(H,5,6). The maximum absolute atomic E-state index is 9.59. The summed E-state index contributed by atoms with van der Waals surface area (Å²) in [6, 6.07) is 14.6. The van der Waals surface area contributed by atoms with E-state index in [2.05, 4.69) is 46.9 Å². The normalized spacial score (nSPS) is 9.30. The average Bonchev–Trinajstić information content (AvgIpc) is 2.46. The van der Waals surface area contributed by atoms with Crippen molar-refractivity contribution in [3.8, 4) is 11.8 Å². The second-order valence-electron chi connectivity index (χ2n) is 3.81. The molecule has 0 aliphatic rings. The van der Waals surface area contributed by atoms with E-state index in [-0.39, 0.29) is 0 Å². The van der Waals surface area contributed by atoms with E-state index < -0.39 is 5.97 Å². The minimum absolute atomic E-state index is 0.917. The summed E-state index contributed by atoms with van der Waals surface area (Å²) in [5, 5.41) is 10.4. The minimum atomic E-state index is -0.998. The van der Waals surface area contributed by atoms with Crippen molar-refractivity contribution in [1.82, 2.24) is 0 Å². The molecule has 0 atom stereocenters. The summed E-state index contributed by atoms with van der Waals surface area (Å²) < 4.78 is 4.29. The van der Waals surface area contributed by atoms with Crippen molar-refractivity contribution in [2.24, 2.45) is 0 Å². The van der Waals surface area contributed by atoms with E-state index in [0.717, 1.165) is 17.9 Å². The zero-order valence-electron chi connectivity index (χ0n) is 11.5. The Kier molecular flexibility index (Phi) is 6.43. The summed E-state index contributed by atoms with van der Waals surface area (Å²) in [4.78, 5) is 9.59. The van der Waals surface area contributed by atoms with Crippen LogP contribution in [0.4, 0.5) is 0 Å². The quantitative estimate of drug-likeness (QED) is 0.515. The first-order chi connectivity index (χ1) is 9.67. The highest BCUT2D eigenvalue weighted by atomic mass is 16.5. The van der Waals surface area contributed by atoms with Gasteiger partial charge in [0.05, 0.1) is 19.4 Å². The summed E-state index contributed by atoms with van der Waals surface area (Å²) >= 11 is 0. The Balaban J connectivity index is 0.000000246. The van der Waals surface area contributed by atoms with Crippen LogP contribution in [0.15, 0.2) is 54.8 Å². The third-order valence-electron chi connectivity index (χ3n) is 2.37. The Labute approximate surface area is 118 Å². The lowest BCUT2D eigenvalue weighted by atomic mass is 10.1. The maximum atomic E-state index is 9.59. The van der Waals surface area contributed by atoms with Crippen LogP contribution in [0.5, 0.6) is 0 Å². The highest BCUT2D eigenvalue weighted by Crippen LogP contribution is 2.14. The lowest BCUT2D eigenvalue weighted by Crippen LogP contribution is -1.85. The van der Waals surface area contributed by atoms with Crippen LogP contribution >= 0.6 is 0 Å². The lowest BCUT2D eigenvalue weighted by Gasteiger charge is -1.96. The van der Waals surface area contributed by atoms with Gasteiger partial charge >= 0.3 is 5.97 Å². The predicted molar refractivity (Wildman–Crippen MR) is 80.3 cm³/mol. The number of methoxy groups -OCH3 is 1. The van der Waals surface area contributed by atoms with Gasteiger partial charge in [0.1, 0.15) is 0 Å². The molecule has 0 amide bonds. The van der Waals surface area contributed by atoms with Gasteiger partial charge in [0.2, 0.25) is 0 Å². The van der Waals surface area contributed by atoms with E-state index in [1.807, 2.05) is 19.1 Å². The number of ether oxygens (including phenoxy) is 1. The molecule has 0 aliphatic heterocycles. The van der Waals surface area contributed by atoms with Crippen molar-refractivity contribution < 1.29 is 14.6 Å². The van der Waals surface area contributed by atoms with Crippen LogP contribution in [0.1, 0.15) is 12.5 Å². The van der Waals surface area contributed by atoms with Gasteiger partial charge in [0, 0.05) is 5.56 Å². The van der Waals surface area contributed by atoms with Gasteiger partial charge in [0.15, 0.2) is 0 Å². The summed E-state index contributed by atoms with van der Waals surface area (Å²) in [5.41, 5.74) is 1.08. The molecule has 0 aliphatic carbocycles. The van der Waals surface area contributed by atoms with E-state index >= 15 is 0 Å². The third-order valence-corrected chi connectivity index (χ3v) is 2.37. The first-order valence-corrected chi connectivity index (χ1v) is 6.01. The van der Waals surface area contributed by atoms with Gasteiger partial charge in [-0.15, -0.1) is 5.92 Å². The Morgan fingerprint density at radius 1 is 1.20 bits per heavy atom. The molecule has 0 saturated carbocycles. The van der Waals surface area contributed by atoms with Gasteiger partial charge in [-0.25, -0.2) is 4.79 Å². The van der Waals surface area contributed by atoms with Crippen molar-refractivity contribution in [3.63, 3.8) is 0 Å². The monoisotopic (exact) mass is 268 g/mol. The van der Waals surface area contributed by atoms with Crippen molar-refractivity contribution in [1.29, 1.82) is 0 Å². The smallest absolute Gasteiger partial charge is 0.331 e. The molecule has 0 unspecified atom stereocenters. The number of aliphatic carboxylic acids is 1. The Morgan fingerprint density at radius 2 is 1.90 bits per heavy atom. The molecule has 1 N–H and O–H groups in total. The SMILES string of the molecule is CC#Cc1ccc2ccccc2c1.COC=CC(=O)O. The number of carbonyl (C=O) groups is 1. The third kappa shape index (κ3) is 5.28. The molecule has 0 aromatic heterocycles. The van der Waals surface area contributed by atoms with Crippen LogP contribution in [0.25, 0.3) is 10.8 Å². The molecule has 2 aromatic carbocycles. The number of carboxylic acids is 1. The van der Waals surface area contributed by atoms with E-state index in [0.29, 0.717) is 0 Å². The van der Waals surface area contributed by atoms with Gasteiger partial charge in [0.25, 0.3) is 0 Å². The zero-order valence-corrected chi connectivity index (χ0v) is 11.5. The summed E-state index contributed by atoms with van der Waals surface area (Å²) in [6.45, 7) is 1.86. The zero-order chi connectivity index (χ0) is 14.8. The van der Waals surface area contributed by atoms with Crippen LogP contribution in [0.3, 0.4) is 0 Å². The highest BCUT2D eigenvalue weighted by Gasteiger charge is 1.91. The second kappa shape index (κ2) is 8.39. The van der Waals surface area contributed by atoms with Crippen molar-refractivity contribution in [2.75, 3.05) is 7.11 Å². The van der Waals surface area contributed by atoms with E-state index in [4.69, 9.17) is 5.11 Å². The van der Waals surface area contributed by atoms with Crippen LogP contribution < -0.4 is 0 Å². The summed E-state index contributed by atoms with van der Waals surface area (Å²) in [5.74, 6) is 4.95. The van der Waals surface area contributed by atoms with Crippen molar-refractivity contribution in [3.05, 3.63) is 60.4 Å². The Morgan fingerprint density at radius 3 is 2.45 bits per heavy atom. The number of rotatable bonds is 2. The molecule has 102 valence electrons. The molecule has 20 heavy (non-hydrogen) atoms. The number of benzene rings is 2. The number of carboxylic acid groups (broad SMARTS) is 1. The molecule has 0 bridgehead atoms. The Hall–Kier alpha value is -2.73. The molecule has 2 rings (SSSR count). The molecular weight excluding hydrogens is 252 g/mol. The van der Waals surface area contributed by atoms with Crippen LogP contribution in [-0.2, 0) is 9.53 Å². The molecular formula is C17H16O3. The van der Waals surface area contributed by atoms with E-state index in [1.165, 1.54) is 17.9 Å². The molecule has 0 spiro atoms. The van der Waals surface area contributed by atoms with Gasteiger partial charge in [-0.05, 0) is 29.8 Å². The second-order valence-corrected chi connectivity index (χ2v) is 3.81. The van der Waals surface area contributed by atoms with E-state index in [1.54, 1.807) is 0 Å². The van der Waals surface area contributed by atoms with Gasteiger partial charge in [-0.1, -0.05) is 36.3 Å². The first kappa shape index (κ1) is 15.3. The molecule has 0 radical (unpaired) electrons. The molecule has 0 fully saturated rings. The molecule has 0 saturated heterocycles. The van der Waals surface area contributed by atoms with Crippen LogP contribution in [0.2, 0.25) is 0 Å². The fourth-order valence-corrected chi connectivity index (χ4v) is 1.54. The molecule has 3 nitrogen and oxygen atoms in total. The topological polar surface area (TPSA) is 46.5 Å². The fraction of sp³-hybridized carbons (Fsp3) is 0.118. The minimum Gasteiger partial charge on any atom is -0.504 e. The van der Waals surface area contributed by atoms with Crippen molar-refractivity contribution in [2.45, 2.75) is 6.92 Å². The lowest BCUT2D eigenvalue weighted by molar-refractivity contribution is -0.131. The largest absolute Gasteiger partial charge is 0.504 e. The van der Waals surface area contributed by atoms with Gasteiger partial charge < -0.3 is 9.84 Å². The molecule has 3 heteroatoms. The fourth-order valence-electron chi connectivity index (χ4n) is 1.54. The maximum Gasteiger partial charge on any atom is 0.331 e. The highest BCUT2D eigenvalue weighted by molar-refractivity contribution is 5.83. The number of hydrogen-bond acceptors (Lipinski definition) is 2. The number of hydrogen-bond donors (Lipinski definition) is 1. The molecule has 2 aromatic rings. The van der Waals surface area contributed by atoms with Crippen LogP contribution in [0, 0.1) is 11.8 Å². The average molecular weight is 268 g/mol. The molecule has 0 heterocycles. The number of fused-ring (bicyclic) bond motifs is 1.